The second-order valence-electron chi connectivity index (χ2n) is 5.39. The fraction of sp³-hybridized carbons (Fsp3) is 0.263. The van der Waals surface area contributed by atoms with E-state index in [-0.39, 0.29) is 11.8 Å². The van der Waals surface area contributed by atoms with E-state index < -0.39 is 0 Å². The maximum absolute atomic E-state index is 12.2. The van der Waals surface area contributed by atoms with E-state index >= 15 is 0 Å². The van der Waals surface area contributed by atoms with Gasteiger partial charge in [0, 0.05) is 23.7 Å². The predicted molar refractivity (Wildman–Crippen MR) is 95.5 cm³/mol. The van der Waals surface area contributed by atoms with Gasteiger partial charge in [0.25, 0.3) is 5.91 Å². The average Bonchev–Trinajstić information content (AvgIpc) is 2.61. The summed E-state index contributed by atoms with van der Waals surface area (Å²) in [4.78, 5) is 24.0. The van der Waals surface area contributed by atoms with Gasteiger partial charge < -0.3 is 15.4 Å². The number of unbranched alkanes of at least 4 members (excludes halogenated alkanes) is 1. The SMILES string of the molecule is CCCCC(=O)Nc1ccc(NC(=O)c2ccccc2)cc1OC. The van der Waals surface area contributed by atoms with E-state index in [1.807, 2.05) is 25.1 Å². The van der Waals surface area contributed by atoms with Crippen LogP contribution in [0.25, 0.3) is 0 Å². The smallest absolute Gasteiger partial charge is 0.255 e. The molecule has 0 aliphatic carbocycles. The number of carbonyl (C=O) groups excluding carboxylic acids is 2. The van der Waals surface area contributed by atoms with Crippen molar-refractivity contribution in [3.05, 3.63) is 54.1 Å². The summed E-state index contributed by atoms with van der Waals surface area (Å²) < 4.78 is 5.31. The summed E-state index contributed by atoms with van der Waals surface area (Å²) in [5, 5.41) is 5.65. The Morgan fingerprint density at radius 3 is 2.46 bits per heavy atom. The summed E-state index contributed by atoms with van der Waals surface area (Å²) in [6.07, 6.45) is 2.29. The molecule has 2 aromatic rings. The first kappa shape index (κ1) is 17.5. The van der Waals surface area contributed by atoms with Gasteiger partial charge in [0.15, 0.2) is 0 Å². The van der Waals surface area contributed by atoms with Gasteiger partial charge in [-0.25, -0.2) is 0 Å². The number of hydrogen-bond donors (Lipinski definition) is 2. The molecular formula is C19H22N2O3. The minimum atomic E-state index is -0.197. The van der Waals surface area contributed by atoms with E-state index in [0.29, 0.717) is 29.1 Å². The molecule has 0 atom stereocenters. The van der Waals surface area contributed by atoms with Crippen molar-refractivity contribution < 1.29 is 14.3 Å². The molecule has 24 heavy (non-hydrogen) atoms. The first-order valence-corrected chi connectivity index (χ1v) is 7.98. The van der Waals surface area contributed by atoms with Gasteiger partial charge in [0.2, 0.25) is 5.91 Å². The zero-order chi connectivity index (χ0) is 17.4. The minimum Gasteiger partial charge on any atom is -0.494 e. The molecule has 5 nitrogen and oxygen atoms in total. The molecule has 0 saturated carbocycles. The van der Waals surface area contributed by atoms with E-state index in [1.165, 1.54) is 7.11 Å². The Kier molecular flexibility index (Phi) is 6.37. The maximum Gasteiger partial charge on any atom is 0.255 e. The largest absolute Gasteiger partial charge is 0.494 e. The summed E-state index contributed by atoms with van der Waals surface area (Å²) in [6, 6.07) is 14.1. The van der Waals surface area contributed by atoms with E-state index in [0.717, 1.165) is 12.8 Å². The van der Waals surface area contributed by atoms with Gasteiger partial charge in [-0.2, -0.15) is 0 Å². The number of ether oxygens (including phenoxy) is 1. The fourth-order valence-electron chi connectivity index (χ4n) is 2.22. The molecule has 0 fully saturated rings. The highest BCUT2D eigenvalue weighted by Crippen LogP contribution is 2.28. The fourth-order valence-corrected chi connectivity index (χ4v) is 2.22. The molecule has 0 unspecified atom stereocenters. The zero-order valence-corrected chi connectivity index (χ0v) is 14.0. The van der Waals surface area contributed by atoms with Crippen LogP contribution in [0.3, 0.4) is 0 Å². The Labute approximate surface area is 142 Å². The number of carbonyl (C=O) groups is 2. The Morgan fingerprint density at radius 2 is 1.79 bits per heavy atom. The van der Waals surface area contributed by atoms with Gasteiger partial charge in [-0.3, -0.25) is 9.59 Å². The number of nitrogens with one attached hydrogen (secondary N) is 2. The third-order valence-electron chi connectivity index (χ3n) is 3.53. The molecule has 2 N–H and O–H groups in total. The molecule has 2 amide bonds. The van der Waals surface area contributed by atoms with Gasteiger partial charge in [0.05, 0.1) is 12.8 Å². The van der Waals surface area contributed by atoms with Crippen LogP contribution in [0, 0.1) is 0 Å². The monoisotopic (exact) mass is 326 g/mol. The zero-order valence-electron chi connectivity index (χ0n) is 14.0. The number of hydrogen-bond acceptors (Lipinski definition) is 3. The molecule has 0 spiro atoms. The van der Waals surface area contributed by atoms with E-state index in [2.05, 4.69) is 10.6 Å². The highest BCUT2D eigenvalue weighted by atomic mass is 16.5. The molecular weight excluding hydrogens is 304 g/mol. The summed E-state index contributed by atoms with van der Waals surface area (Å²) >= 11 is 0. The molecule has 0 radical (unpaired) electrons. The van der Waals surface area contributed by atoms with Crippen molar-refractivity contribution in [3.63, 3.8) is 0 Å². The second kappa shape index (κ2) is 8.72. The standard InChI is InChI=1S/C19H22N2O3/c1-3-4-10-18(22)21-16-12-11-15(13-17(16)24-2)20-19(23)14-8-6-5-7-9-14/h5-9,11-13H,3-4,10H2,1-2H3,(H,20,23)(H,21,22). The van der Waals surface area contributed by atoms with Crippen LogP contribution in [0.4, 0.5) is 11.4 Å². The van der Waals surface area contributed by atoms with Crippen molar-refractivity contribution in [3.8, 4) is 5.75 Å². The normalized spacial score (nSPS) is 10.1. The molecule has 2 aromatic carbocycles. The molecule has 0 aromatic heterocycles. The van der Waals surface area contributed by atoms with E-state index in [1.54, 1.807) is 30.3 Å². The van der Waals surface area contributed by atoms with Crippen molar-refractivity contribution in [2.75, 3.05) is 17.7 Å². The Morgan fingerprint density at radius 1 is 1.04 bits per heavy atom. The Balaban J connectivity index is 2.08. The molecule has 5 heteroatoms. The number of rotatable bonds is 7. The summed E-state index contributed by atoms with van der Waals surface area (Å²) in [5.41, 5.74) is 1.77. The molecule has 0 aliphatic rings. The number of amides is 2. The predicted octanol–water partition coefficient (Wildman–Crippen LogP) is 4.08. The van der Waals surface area contributed by atoms with Crippen molar-refractivity contribution in [2.45, 2.75) is 26.2 Å². The van der Waals surface area contributed by atoms with Gasteiger partial charge in [-0.15, -0.1) is 0 Å². The van der Waals surface area contributed by atoms with E-state index in [4.69, 9.17) is 4.74 Å². The van der Waals surface area contributed by atoms with Crippen molar-refractivity contribution >= 4 is 23.2 Å². The lowest BCUT2D eigenvalue weighted by Gasteiger charge is -2.12. The second-order valence-corrected chi connectivity index (χ2v) is 5.39. The topological polar surface area (TPSA) is 67.4 Å². The highest BCUT2D eigenvalue weighted by Gasteiger charge is 2.10. The van der Waals surface area contributed by atoms with Crippen LogP contribution in [0.15, 0.2) is 48.5 Å². The van der Waals surface area contributed by atoms with Crippen LogP contribution in [0.2, 0.25) is 0 Å². The molecule has 126 valence electrons. The van der Waals surface area contributed by atoms with Gasteiger partial charge >= 0.3 is 0 Å². The van der Waals surface area contributed by atoms with Crippen LogP contribution >= 0.6 is 0 Å². The molecule has 0 aliphatic heterocycles. The van der Waals surface area contributed by atoms with Crippen molar-refractivity contribution in [1.29, 1.82) is 0 Å². The summed E-state index contributed by atoms with van der Waals surface area (Å²) in [7, 11) is 1.53. The summed E-state index contributed by atoms with van der Waals surface area (Å²) in [6.45, 7) is 2.04. The van der Waals surface area contributed by atoms with Crippen LogP contribution in [0.5, 0.6) is 5.75 Å². The summed E-state index contributed by atoms with van der Waals surface area (Å²) in [5.74, 6) is 0.263. The van der Waals surface area contributed by atoms with Crippen LogP contribution in [-0.4, -0.2) is 18.9 Å². The molecule has 0 bridgehead atoms. The highest BCUT2D eigenvalue weighted by molar-refractivity contribution is 6.04. The third kappa shape index (κ3) is 4.84. The molecule has 2 rings (SSSR count). The van der Waals surface area contributed by atoms with Gasteiger partial charge in [-0.1, -0.05) is 31.5 Å². The quantitative estimate of drug-likeness (QED) is 0.806. The first-order chi connectivity index (χ1) is 11.6. The van der Waals surface area contributed by atoms with Crippen LogP contribution < -0.4 is 15.4 Å². The van der Waals surface area contributed by atoms with Crippen LogP contribution in [0.1, 0.15) is 36.5 Å². The Hall–Kier alpha value is -2.82. The lowest BCUT2D eigenvalue weighted by Crippen LogP contribution is -2.13. The van der Waals surface area contributed by atoms with Crippen molar-refractivity contribution in [1.82, 2.24) is 0 Å². The van der Waals surface area contributed by atoms with Gasteiger partial charge in [0.1, 0.15) is 5.75 Å². The third-order valence-corrected chi connectivity index (χ3v) is 3.53. The number of methoxy groups -OCH3 is 1. The van der Waals surface area contributed by atoms with Gasteiger partial charge in [-0.05, 0) is 30.7 Å². The molecule has 0 saturated heterocycles. The van der Waals surface area contributed by atoms with Crippen LogP contribution in [-0.2, 0) is 4.79 Å². The maximum atomic E-state index is 12.2. The van der Waals surface area contributed by atoms with Crippen molar-refractivity contribution in [2.24, 2.45) is 0 Å². The molecule has 0 heterocycles. The lowest BCUT2D eigenvalue weighted by molar-refractivity contribution is -0.116. The number of anilines is 2. The Bertz CT molecular complexity index is 699. The van der Waals surface area contributed by atoms with E-state index in [9.17, 15) is 9.59 Å². The number of benzene rings is 2. The average molecular weight is 326 g/mol. The minimum absolute atomic E-state index is 0.0452. The lowest BCUT2D eigenvalue weighted by atomic mass is 10.2. The first-order valence-electron chi connectivity index (χ1n) is 7.98.